The van der Waals surface area contributed by atoms with Gasteiger partial charge in [0.1, 0.15) is 6.04 Å². The Morgan fingerprint density at radius 2 is 1.90 bits per heavy atom. The predicted molar refractivity (Wildman–Crippen MR) is 81.0 cm³/mol. The van der Waals surface area contributed by atoms with Gasteiger partial charge in [0.15, 0.2) is 0 Å². The van der Waals surface area contributed by atoms with E-state index in [1.165, 1.54) is 6.42 Å². The van der Waals surface area contributed by atoms with Crippen LogP contribution >= 0.6 is 0 Å². The molecule has 0 bridgehead atoms. The first kappa shape index (κ1) is 16.3. The van der Waals surface area contributed by atoms with E-state index in [1.54, 1.807) is 4.90 Å². The van der Waals surface area contributed by atoms with Crippen LogP contribution in [0.2, 0.25) is 0 Å². The van der Waals surface area contributed by atoms with Gasteiger partial charge in [-0.05, 0) is 38.6 Å². The van der Waals surface area contributed by atoms with Crippen LogP contribution in [0.3, 0.4) is 0 Å². The van der Waals surface area contributed by atoms with E-state index in [4.69, 9.17) is 0 Å². The van der Waals surface area contributed by atoms with Gasteiger partial charge in [0.2, 0.25) is 5.91 Å². The number of carboxylic acids is 1. The molecule has 2 atom stereocenters. The summed E-state index contributed by atoms with van der Waals surface area (Å²) in [6.45, 7) is 2.52. The van der Waals surface area contributed by atoms with Crippen LogP contribution in [-0.2, 0) is 9.59 Å². The number of amides is 1. The minimum absolute atomic E-state index is 0.00481. The van der Waals surface area contributed by atoms with Gasteiger partial charge in [0, 0.05) is 18.5 Å². The second-order valence-corrected chi connectivity index (χ2v) is 6.76. The molecule has 21 heavy (non-hydrogen) atoms. The van der Waals surface area contributed by atoms with Gasteiger partial charge in [-0.15, -0.1) is 0 Å². The number of hydrogen-bond acceptors (Lipinski definition) is 3. The van der Waals surface area contributed by atoms with Gasteiger partial charge in [-0.3, -0.25) is 4.79 Å². The normalized spacial score (nSPS) is 29.1. The summed E-state index contributed by atoms with van der Waals surface area (Å²) in [4.78, 5) is 25.8. The summed E-state index contributed by atoms with van der Waals surface area (Å²) in [6, 6.07) is -0.649. The third-order valence-electron chi connectivity index (χ3n) is 5.34. The zero-order valence-corrected chi connectivity index (χ0v) is 13.2. The van der Waals surface area contributed by atoms with E-state index in [2.05, 4.69) is 5.32 Å². The highest BCUT2D eigenvalue weighted by atomic mass is 16.4. The predicted octanol–water partition coefficient (Wildman–Crippen LogP) is 2.01. The molecule has 2 rings (SSSR count). The van der Waals surface area contributed by atoms with E-state index in [0.29, 0.717) is 13.0 Å². The van der Waals surface area contributed by atoms with Crippen molar-refractivity contribution in [2.75, 3.05) is 13.6 Å². The minimum atomic E-state index is -0.863. The molecule has 0 radical (unpaired) electrons. The summed E-state index contributed by atoms with van der Waals surface area (Å²) in [5.41, 5.74) is -0.126. The Morgan fingerprint density at radius 1 is 1.24 bits per heavy atom. The average Bonchev–Trinajstić information content (AvgIpc) is 2.47. The number of rotatable bonds is 4. The second-order valence-electron chi connectivity index (χ2n) is 6.76. The monoisotopic (exact) mass is 296 g/mol. The number of carboxylic acid groups (broad SMARTS) is 1. The van der Waals surface area contributed by atoms with Crippen molar-refractivity contribution in [2.24, 2.45) is 5.92 Å². The summed E-state index contributed by atoms with van der Waals surface area (Å²) in [5, 5.41) is 12.8. The molecule has 2 unspecified atom stereocenters. The molecule has 1 saturated heterocycles. The summed E-state index contributed by atoms with van der Waals surface area (Å²) in [6.07, 6.45) is 7.77. The van der Waals surface area contributed by atoms with Crippen molar-refractivity contribution in [2.45, 2.75) is 69.9 Å². The molecule has 1 saturated carbocycles. The highest BCUT2D eigenvalue weighted by Crippen LogP contribution is 2.33. The molecule has 1 aliphatic carbocycles. The first-order valence-electron chi connectivity index (χ1n) is 8.20. The molecule has 5 heteroatoms. The Hall–Kier alpha value is -1.10. The fourth-order valence-electron chi connectivity index (χ4n) is 3.98. The molecule has 120 valence electrons. The van der Waals surface area contributed by atoms with Crippen LogP contribution in [0.1, 0.15) is 58.3 Å². The lowest BCUT2D eigenvalue weighted by molar-refractivity contribution is -0.155. The first-order chi connectivity index (χ1) is 9.99. The summed E-state index contributed by atoms with van der Waals surface area (Å²) >= 11 is 0. The smallest absolute Gasteiger partial charge is 0.326 e. The first-order valence-corrected chi connectivity index (χ1v) is 8.20. The Balaban J connectivity index is 2.08. The van der Waals surface area contributed by atoms with Crippen LogP contribution in [0.5, 0.6) is 0 Å². The molecular formula is C16H28N2O3. The number of carbonyl (C=O) groups is 2. The SMILES string of the molecule is CNC1(CC(=O)N2CCCC(C)C2C(=O)O)CCCCC1. The molecule has 2 N–H and O–H groups in total. The van der Waals surface area contributed by atoms with E-state index in [9.17, 15) is 14.7 Å². The van der Waals surface area contributed by atoms with Crippen LogP contribution in [0.15, 0.2) is 0 Å². The van der Waals surface area contributed by atoms with Crippen molar-refractivity contribution >= 4 is 11.9 Å². The van der Waals surface area contributed by atoms with E-state index in [0.717, 1.165) is 38.5 Å². The van der Waals surface area contributed by atoms with Crippen molar-refractivity contribution in [3.05, 3.63) is 0 Å². The molecule has 1 aliphatic heterocycles. The van der Waals surface area contributed by atoms with Gasteiger partial charge in [-0.1, -0.05) is 26.2 Å². The Morgan fingerprint density at radius 3 is 2.48 bits per heavy atom. The van der Waals surface area contributed by atoms with Crippen molar-refractivity contribution < 1.29 is 14.7 Å². The van der Waals surface area contributed by atoms with Gasteiger partial charge in [0.25, 0.3) is 0 Å². The third-order valence-corrected chi connectivity index (χ3v) is 5.34. The lowest BCUT2D eigenvalue weighted by atomic mass is 9.78. The number of aliphatic carboxylic acids is 1. The topological polar surface area (TPSA) is 69.6 Å². The maximum absolute atomic E-state index is 12.7. The standard InChI is InChI=1S/C16H28N2O3/c1-12-7-6-10-18(14(12)15(20)21)13(19)11-16(17-2)8-4-3-5-9-16/h12,14,17H,3-11H2,1-2H3,(H,20,21). The quantitative estimate of drug-likeness (QED) is 0.832. The molecule has 2 aliphatic rings. The van der Waals surface area contributed by atoms with Crippen molar-refractivity contribution in [1.29, 1.82) is 0 Å². The van der Waals surface area contributed by atoms with Crippen molar-refractivity contribution in [3.8, 4) is 0 Å². The van der Waals surface area contributed by atoms with E-state index in [-0.39, 0.29) is 17.4 Å². The van der Waals surface area contributed by atoms with Crippen LogP contribution in [0.4, 0.5) is 0 Å². The zero-order chi connectivity index (χ0) is 15.5. The summed E-state index contributed by atoms with van der Waals surface area (Å²) < 4.78 is 0. The molecule has 0 aromatic heterocycles. The fraction of sp³-hybridized carbons (Fsp3) is 0.875. The van der Waals surface area contributed by atoms with Crippen molar-refractivity contribution in [3.63, 3.8) is 0 Å². The van der Waals surface area contributed by atoms with Gasteiger partial charge < -0.3 is 15.3 Å². The van der Waals surface area contributed by atoms with Gasteiger partial charge in [-0.2, -0.15) is 0 Å². The Labute approximate surface area is 127 Å². The maximum atomic E-state index is 12.7. The fourth-order valence-corrected chi connectivity index (χ4v) is 3.98. The highest BCUT2D eigenvalue weighted by molar-refractivity contribution is 5.84. The number of nitrogens with one attached hydrogen (secondary N) is 1. The van der Waals surface area contributed by atoms with E-state index < -0.39 is 12.0 Å². The molecule has 2 fully saturated rings. The largest absolute Gasteiger partial charge is 0.480 e. The lowest BCUT2D eigenvalue weighted by Crippen LogP contribution is -2.55. The Kier molecular flexibility index (Phi) is 5.25. The number of nitrogens with zero attached hydrogens (tertiary/aromatic N) is 1. The summed E-state index contributed by atoms with van der Waals surface area (Å²) in [7, 11) is 1.92. The van der Waals surface area contributed by atoms with Gasteiger partial charge in [-0.25, -0.2) is 4.79 Å². The number of hydrogen-bond donors (Lipinski definition) is 2. The third kappa shape index (κ3) is 3.57. The van der Waals surface area contributed by atoms with Gasteiger partial charge in [0.05, 0.1) is 0 Å². The Bertz CT molecular complexity index is 391. The van der Waals surface area contributed by atoms with Crippen LogP contribution in [0.25, 0.3) is 0 Å². The van der Waals surface area contributed by atoms with Crippen LogP contribution in [-0.4, -0.2) is 47.1 Å². The lowest BCUT2D eigenvalue weighted by Gasteiger charge is -2.42. The maximum Gasteiger partial charge on any atom is 0.326 e. The molecule has 1 heterocycles. The van der Waals surface area contributed by atoms with Gasteiger partial charge >= 0.3 is 5.97 Å². The number of likely N-dealkylation sites (tertiary alicyclic amines) is 1. The number of piperidine rings is 1. The number of carbonyl (C=O) groups excluding carboxylic acids is 1. The van der Waals surface area contributed by atoms with E-state index >= 15 is 0 Å². The van der Waals surface area contributed by atoms with Crippen LogP contribution in [0, 0.1) is 5.92 Å². The zero-order valence-electron chi connectivity index (χ0n) is 13.2. The molecule has 0 spiro atoms. The van der Waals surface area contributed by atoms with Crippen molar-refractivity contribution in [1.82, 2.24) is 10.2 Å². The minimum Gasteiger partial charge on any atom is -0.480 e. The summed E-state index contributed by atoms with van der Waals surface area (Å²) in [5.74, 6) is -0.819. The molecule has 1 amide bonds. The molecule has 0 aromatic carbocycles. The molecule has 5 nitrogen and oxygen atoms in total. The second kappa shape index (κ2) is 6.77. The average molecular weight is 296 g/mol. The van der Waals surface area contributed by atoms with Crippen LogP contribution < -0.4 is 5.32 Å². The highest BCUT2D eigenvalue weighted by Gasteiger charge is 2.40. The molecule has 0 aromatic rings. The van der Waals surface area contributed by atoms with E-state index in [1.807, 2.05) is 14.0 Å². The molecular weight excluding hydrogens is 268 g/mol.